The van der Waals surface area contributed by atoms with Gasteiger partial charge in [-0.05, 0) is 25.0 Å². The van der Waals surface area contributed by atoms with Gasteiger partial charge in [0.1, 0.15) is 5.82 Å². The van der Waals surface area contributed by atoms with Crippen LogP contribution in [-0.4, -0.2) is 28.9 Å². The number of phenols is 1. The predicted molar refractivity (Wildman–Crippen MR) is 75.4 cm³/mol. The molecule has 1 N–H and O–H groups in total. The molecule has 3 rings (SSSR count). The molecule has 5 heteroatoms. The van der Waals surface area contributed by atoms with Crippen LogP contribution < -0.4 is 9.47 Å². The van der Waals surface area contributed by atoms with E-state index in [1.165, 1.54) is 27.1 Å². The van der Waals surface area contributed by atoms with Gasteiger partial charge in [0.2, 0.25) is 5.75 Å². The van der Waals surface area contributed by atoms with Crippen LogP contribution in [0.15, 0.2) is 18.3 Å². The second-order valence-electron chi connectivity index (χ2n) is 4.89. The average Bonchev–Trinajstić information content (AvgIpc) is 2.90. The Hall–Kier alpha value is -2.17. The molecule has 0 aliphatic carbocycles. The Morgan fingerprint density at radius 1 is 1.20 bits per heavy atom. The van der Waals surface area contributed by atoms with Crippen LogP contribution in [0.4, 0.5) is 0 Å². The molecule has 1 aromatic carbocycles. The minimum atomic E-state index is 0.0125. The molecule has 0 saturated heterocycles. The van der Waals surface area contributed by atoms with Gasteiger partial charge in [-0.15, -0.1) is 0 Å². The van der Waals surface area contributed by atoms with Gasteiger partial charge in [-0.1, -0.05) is 0 Å². The van der Waals surface area contributed by atoms with E-state index < -0.39 is 0 Å². The van der Waals surface area contributed by atoms with Gasteiger partial charge in [-0.2, -0.15) is 0 Å². The van der Waals surface area contributed by atoms with Crippen LogP contribution in [0.2, 0.25) is 0 Å². The first-order valence-corrected chi connectivity index (χ1v) is 6.75. The van der Waals surface area contributed by atoms with E-state index in [2.05, 4.69) is 9.55 Å². The number of imidazole rings is 1. The Bertz CT molecular complexity index is 611. The molecular formula is C15H18N2O3. The molecule has 0 atom stereocenters. The Kier molecular flexibility index (Phi) is 3.26. The van der Waals surface area contributed by atoms with Gasteiger partial charge >= 0.3 is 0 Å². The van der Waals surface area contributed by atoms with Crippen LogP contribution in [0.1, 0.15) is 18.7 Å². The fraction of sp³-hybridized carbons (Fsp3) is 0.400. The number of benzene rings is 1. The number of aromatic nitrogens is 2. The van der Waals surface area contributed by atoms with Gasteiger partial charge in [0, 0.05) is 24.7 Å². The van der Waals surface area contributed by atoms with Gasteiger partial charge in [0.05, 0.1) is 19.9 Å². The number of phenolic OH excluding ortho intramolecular Hbond substituents is 1. The number of aryl methyl sites for hydroxylation is 2. The van der Waals surface area contributed by atoms with Gasteiger partial charge in [0.25, 0.3) is 0 Å². The first-order chi connectivity index (χ1) is 9.74. The van der Waals surface area contributed by atoms with Crippen molar-refractivity contribution in [1.82, 2.24) is 9.55 Å². The third-order valence-electron chi connectivity index (χ3n) is 3.70. The molecule has 106 valence electrons. The molecule has 0 spiro atoms. The first-order valence-electron chi connectivity index (χ1n) is 6.75. The van der Waals surface area contributed by atoms with E-state index in [0.29, 0.717) is 11.5 Å². The number of methoxy groups -OCH3 is 2. The minimum absolute atomic E-state index is 0.0125. The molecule has 0 unspecified atom stereocenters. The lowest BCUT2D eigenvalue weighted by atomic mass is 10.1. The van der Waals surface area contributed by atoms with Crippen molar-refractivity contribution in [1.29, 1.82) is 0 Å². The van der Waals surface area contributed by atoms with E-state index >= 15 is 0 Å². The van der Waals surface area contributed by atoms with E-state index in [1.807, 2.05) is 12.3 Å². The summed E-state index contributed by atoms with van der Waals surface area (Å²) in [5.74, 6) is 1.91. The van der Waals surface area contributed by atoms with Crippen LogP contribution in [0.25, 0.3) is 11.3 Å². The van der Waals surface area contributed by atoms with Crippen molar-refractivity contribution in [3.63, 3.8) is 0 Å². The number of nitrogens with zero attached hydrogens (tertiary/aromatic N) is 2. The number of aromatic hydroxyl groups is 1. The van der Waals surface area contributed by atoms with E-state index in [9.17, 15) is 5.11 Å². The fourth-order valence-electron chi connectivity index (χ4n) is 2.67. The average molecular weight is 274 g/mol. The third-order valence-corrected chi connectivity index (χ3v) is 3.70. The minimum Gasteiger partial charge on any atom is -0.502 e. The highest BCUT2D eigenvalue weighted by Gasteiger charge is 2.19. The van der Waals surface area contributed by atoms with Crippen LogP contribution in [0.5, 0.6) is 17.2 Å². The van der Waals surface area contributed by atoms with Crippen molar-refractivity contribution < 1.29 is 14.6 Å². The zero-order valence-corrected chi connectivity index (χ0v) is 11.7. The number of fused-ring (bicyclic) bond motifs is 1. The summed E-state index contributed by atoms with van der Waals surface area (Å²) in [6.45, 7) is 1.01. The molecule has 0 fully saturated rings. The van der Waals surface area contributed by atoms with Crippen molar-refractivity contribution in [3.05, 3.63) is 24.2 Å². The molecule has 5 nitrogen and oxygen atoms in total. The number of ether oxygens (including phenoxy) is 2. The smallest absolute Gasteiger partial charge is 0.201 e. The molecule has 0 radical (unpaired) electrons. The summed E-state index contributed by atoms with van der Waals surface area (Å²) >= 11 is 0. The fourth-order valence-corrected chi connectivity index (χ4v) is 2.67. The number of rotatable bonds is 3. The maximum atomic E-state index is 10.1. The van der Waals surface area contributed by atoms with Crippen molar-refractivity contribution in [3.8, 4) is 28.5 Å². The van der Waals surface area contributed by atoms with Crippen LogP contribution in [0.3, 0.4) is 0 Å². The normalized spacial score (nSPS) is 13.9. The highest BCUT2D eigenvalue weighted by molar-refractivity contribution is 5.73. The summed E-state index contributed by atoms with van der Waals surface area (Å²) in [6.07, 6.45) is 5.40. The van der Waals surface area contributed by atoms with Gasteiger partial charge in [0.15, 0.2) is 11.5 Å². The maximum absolute atomic E-state index is 10.1. The Morgan fingerprint density at radius 2 is 2.05 bits per heavy atom. The lowest BCUT2D eigenvalue weighted by Gasteiger charge is -2.12. The van der Waals surface area contributed by atoms with Crippen LogP contribution >= 0.6 is 0 Å². The van der Waals surface area contributed by atoms with Crippen LogP contribution in [0, 0.1) is 0 Å². The molecule has 0 bridgehead atoms. The van der Waals surface area contributed by atoms with Crippen molar-refractivity contribution in [2.45, 2.75) is 25.8 Å². The van der Waals surface area contributed by atoms with E-state index in [1.54, 1.807) is 6.07 Å². The zero-order chi connectivity index (χ0) is 14.1. The predicted octanol–water partition coefficient (Wildman–Crippen LogP) is 2.61. The van der Waals surface area contributed by atoms with Gasteiger partial charge in [-0.25, -0.2) is 4.98 Å². The van der Waals surface area contributed by atoms with Crippen molar-refractivity contribution >= 4 is 0 Å². The van der Waals surface area contributed by atoms with Crippen molar-refractivity contribution in [2.75, 3.05) is 14.2 Å². The summed E-state index contributed by atoms with van der Waals surface area (Å²) in [5, 5.41) is 10.1. The molecule has 2 heterocycles. The molecule has 1 aromatic heterocycles. The molecule has 0 amide bonds. The molecule has 20 heavy (non-hydrogen) atoms. The van der Waals surface area contributed by atoms with E-state index in [4.69, 9.17) is 9.47 Å². The molecular weight excluding hydrogens is 256 g/mol. The molecule has 0 saturated carbocycles. The molecule has 1 aliphatic rings. The second kappa shape index (κ2) is 5.07. The summed E-state index contributed by atoms with van der Waals surface area (Å²) in [7, 11) is 3.05. The quantitative estimate of drug-likeness (QED) is 0.934. The highest BCUT2D eigenvalue weighted by atomic mass is 16.5. The number of hydrogen-bond donors (Lipinski definition) is 1. The third kappa shape index (κ3) is 1.99. The summed E-state index contributed by atoms with van der Waals surface area (Å²) in [5.41, 5.74) is 1.62. The second-order valence-corrected chi connectivity index (χ2v) is 4.89. The van der Waals surface area contributed by atoms with E-state index in [-0.39, 0.29) is 5.75 Å². The highest BCUT2D eigenvalue weighted by Crippen LogP contribution is 2.43. The zero-order valence-electron chi connectivity index (χ0n) is 11.7. The summed E-state index contributed by atoms with van der Waals surface area (Å²) in [6, 6.07) is 3.59. The summed E-state index contributed by atoms with van der Waals surface area (Å²) in [4.78, 5) is 4.66. The Morgan fingerprint density at radius 3 is 2.75 bits per heavy atom. The van der Waals surface area contributed by atoms with Crippen molar-refractivity contribution in [2.24, 2.45) is 0 Å². The van der Waals surface area contributed by atoms with Gasteiger partial charge in [-0.3, -0.25) is 0 Å². The summed E-state index contributed by atoms with van der Waals surface area (Å²) < 4.78 is 12.6. The topological polar surface area (TPSA) is 56.5 Å². The lowest BCUT2D eigenvalue weighted by Crippen LogP contribution is -2.08. The largest absolute Gasteiger partial charge is 0.502 e. The van der Waals surface area contributed by atoms with E-state index in [0.717, 1.165) is 30.0 Å². The Labute approximate surface area is 117 Å². The molecule has 1 aliphatic heterocycles. The Balaban J connectivity index is 2.09. The monoisotopic (exact) mass is 274 g/mol. The first kappa shape index (κ1) is 12.8. The maximum Gasteiger partial charge on any atom is 0.201 e. The molecule has 2 aromatic rings. The van der Waals surface area contributed by atoms with Gasteiger partial charge < -0.3 is 19.1 Å². The SMILES string of the molecule is COc1ccc(-c2cn3c(n2)CCCC3)c(OC)c1O. The standard InChI is InChI=1S/C15H18N2O3/c1-19-12-7-6-10(15(20-2)14(12)18)11-9-17-8-4-3-5-13(17)16-11/h6-7,9,18H,3-5,8H2,1-2H3. The number of hydrogen-bond acceptors (Lipinski definition) is 4. The lowest BCUT2D eigenvalue weighted by molar-refractivity contribution is 0.341. The van der Waals surface area contributed by atoms with Crippen LogP contribution in [-0.2, 0) is 13.0 Å².